The second kappa shape index (κ2) is 8.60. The van der Waals surface area contributed by atoms with E-state index in [2.05, 4.69) is 5.32 Å². The lowest BCUT2D eigenvalue weighted by molar-refractivity contribution is -0.123. The SMILES string of the molecule is CC(C)C(=O)C(CCCCN)NC(=O)c1ccc2ccccc2c1. The van der Waals surface area contributed by atoms with Crippen molar-refractivity contribution in [2.75, 3.05) is 6.54 Å². The molecule has 4 heteroatoms. The minimum Gasteiger partial charge on any atom is -0.342 e. The summed E-state index contributed by atoms with van der Waals surface area (Å²) in [6, 6.07) is 13.0. The zero-order chi connectivity index (χ0) is 17.5. The predicted octanol–water partition coefficient (Wildman–Crippen LogP) is 3.29. The Morgan fingerprint density at radius 1 is 1.04 bits per heavy atom. The molecule has 2 aromatic rings. The molecule has 0 aliphatic carbocycles. The van der Waals surface area contributed by atoms with Gasteiger partial charge in [0, 0.05) is 11.5 Å². The summed E-state index contributed by atoms with van der Waals surface area (Å²) in [6.07, 6.45) is 2.32. The fraction of sp³-hybridized carbons (Fsp3) is 0.400. The number of hydrogen-bond donors (Lipinski definition) is 2. The summed E-state index contributed by atoms with van der Waals surface area (Å²) in [6.45, 7) is 4.32. The Labute approximate surface area is 143 Å². The van der Waals surface area contributed by atoms with Crippen LogP contribution in [0.3, 0.4) is 0 Å². The van der Waals surface area contributed by atoms with Crippen LogP contribution in [0.2, 0.25) is 0 Å². The maximum Gasteiger partial charge on any atom is 0.251 e. The van der Waals surface area contributed by atoms with Gasteiger partial charge in [-0.1, -0.05) is 44.2 Å². The predicted molar refractivity (Wildman–Crippen MR) is 98.0 cm³/mol. The molecule has 1 amide bonds. The lowest BCUT2D eigenvalue weighted by atomic mass is 9.96. The lowest BCUT2D eigenvalue weighted by Gasteiger charge is -2.19. The van der Waals surface area contributed by atoms with Crippen LogP contribution in [0, 0.1) is 5.92 Å². The number of nitrogens with two attached hydrogens (primary N) is 1. The van der Waals surface area contributed by atoms with Gasteiger partial charge in [-0.25, -0.2) is 0 Å². The monoisotopic (exact) mass is 326 g/mol. The van der Waals surface area contributed by atoms with Gasteiger partial charge in [0.25, 0.3) is 5.91 Å². The molecule has 2 rings (SSSR count). The highest BCUT2D eigenvalue weighted by molar-refractivity contribution is 6.01. The number of Topliss-reactive ketones (excluding diaryl/α,β-unsaturated/α-hetero) is 1. The van der Waals surface area contributed by atoms with E-state index in [1.54, 1.807) is 6.07 Å². The van der Waals surface area contributed by atoms with Gasteiger partial charge in [0.2, 0.25) is 0 Å². The van der Waals surface area contributed by atoms with E-state index in [0.29, 0.717) is 18.5 Å². The minimum absolute atomic E-state index is 0.0705. The lowest BCUT2D eigenvalue weighted by Crippen LogP contribution is -2.42. The first-order chi connectivity index (χ1) is 11.5. The number of hydrogen-bond acceptors (Lipinski definition) is 3. The molecule has 128 valence electrons. The second-order valence-electron chi connectivity index (χ2n) is 6.43. The second-order valence-corrected chi connectivity index (χ2v) is 6.43. The molecule has 0 bridgehead atoms. The van der Waals surface area contributed by atoms with Crippen LogP contribution in [0.5, 0.6) is 0 Å². The molecule has 24 heavy (non-hydrogen) atoms. The van der Waals surface area contributed by atoms with Crippen LogP contribution >= 0.6 is 0 Å². The molecule has 0 aromatic heterocycles. The molecule has 0 aliphatic rings. The molecule has 1 atom stereocenters. The van der Waals surface area contributed by atoms with Gasteiger partial charge in [0.05, 0.1) is 6.04 Å². The highest BCUT2D eigenvalue weighted by Crippen LogP contribution is 2.16. The summed E-state index contributed by atoms with van der Waals surface area (Å²) >= 11 is 0. The normalized spacial score (nSPS) is 12.3. The molecule has 0 heterocycles. The van der Waals surface area contributed by atoms with E-state index in [1.807, 2.05) is 50.2 Å². The van der Waals surface area contributed by atoms with E-state index >= 15 is 0 Å². The van der Waals surface area contributed by atoms with Gasteiger partial charge < -0.3 is 11.1 Å². The van der Waals surface area contributed by atoms with Crippen molar-refractivity contribution in [3.8, 4) is 0 Å². The number of unbranched alkanes of at least 4 members (excludes halogenated alkanes) is 1. The number of fused-ring (bicyclic) bond motifs is 1. The van der Waals surface area contributed by atoms with E-state index in [9.17, 15) is 9.59 Å². The van der Waals surface area contributed by atoms with Crippen LogP contribution in [0.15, 0.2) is 42.5 Å². The topological polar surface area (TPSA) is 72.2 Å². The summed E-state index contributed by atoms with van der Waals surface area (Å²) in [4.78, 5) is 24.9. The molecule has 0 aliphatic heterocycles. The number of ketones is 1. The fourth-order valence-corrected chi connectivity index (χ4v) is 2.75. The highest BCUT2D eigenvalue weighted by Gasteiger charge is 2.23. The van der Waals surface area contributed by atoms with E-state index in [1.165, 1.54) is 0 Å². The fourth-order valence-electron chi connectivity index (χ4n) is 2.75. The van der Waals surface area contributed by atoms with Crippen molar-refractivity contribution in [1.29, 1.82) is 0 Å². The Bertz CT molecular complexity index is 710. The Hall–Kier alpha value is -2.20. The highest BCUT2D eigenvalue weighted by atomic mass is 16.2. The van der Waals surface area contributed by atoms with Crippen molar-refractivity contribution in [3.05, 3.63) is 48.0 Å². The van der Waals surface area contributed by atoms with Crippen LogP contribution in [0.1, 0.15) is 43.5 Å². The molecule has 0 fully saturated rings. The average Bonchev–Trinajstić information content (AvgIpc) is 2.59. The smallest absolute Gasteiger partial charge is 0.251 e. The first-order valence-corrected chi connectivity index (χ1v) is 8.56. The van der Waals surface area contributed by atoms with Crippen molar-refractivity contribution in [1.82, 2.24) is 5.32 Å². The molecule has 3 N–H and O–H groups in total. The van der Waals surface area contributed by atoms with Gasteiger partial charge in [0.15, 0.2) is 5.78 Å². The number of nitrogens with one attached hydrogen (secondary N) is 1. The van der Waals surface area contributed by atoms with Crippen molar-refractivity contribution >= 4 is 22.5 Å². The van der Waals surface area contributed by atoms with Crippen LogP contribution in [0.25, 0.3) is 10.8 Å². The minimum atomic E-state index is -0.449. The largest absolute Gasteiger partial charge is 0.342 e. The number of carbonyl (C=O) groups is 2. The van der Waals surface area contributed by atoms with Gasteiger partial charge >= 0.3 is 0 Å². The van der Waals surface area contributed by atoms with E-state index in [0.717, 1.165) is 23.6 Å². The molecular formula is C20H26N2O2. The van der Waals surface area contributed by atoms with Crippen LogP contribution in [-0.4, -0.2) is 24.3 Å². The van der Waals surface area contributed by atoms with Gasteiger partial charge in [-0.05, 0) is 48.7 Å². The number of benzene rings is 2. The Morgan fingerprint density at radius 3 is 2.42 bits per heavy atom. The maximum absolute atomic E-state index is 12.6. The molecule has 0 radical (unpaired) electrons. The molecule has 1 unspecified atom stereocenters. The Morgan fingerprint density at radius 2 is 1.75 bits per heavy atom. The quantitative estimate of drug-likeness (QED) is 0.731. The first-order valence-electron chi connectivity index (χ1n) is 8.56. The van der Waals surface area contributed by atoms with E-state index < -0.39 is 6.04 Å². The third-order valence-electron chi connectivity index (χ3n) is 4.18. The van der Waals surface area contributed by atoms with Crippen molar-refractivity contribution in [2.24, 2.45) is 11.7 Å². The van der Waals surface area contributed by atoms with Gasteiger partial charge in [-0.2, -0.15) is 0 Å². The van der Waals surface area contributed by atoms with E-state index in [-0.39, 0.29) is 17.6 Å². The summed E-state index contributed by atoms with van der Waals surface area (Å²) in [7, 11) is 0. The van der Waals surface area contributed by atoms with E-state index in [4.69, 9.17) is 5.73 Å². The molecule has 2 aromatic carbocycles. The molecule has 0 spiro atoms. The van der Waals surface area contributed by atoms with Crippen LogP contribution in [-0.2, 0) is 4.79 Å². The van der Waals surface area contributed by atoms with Crippen molar-refractivity contribution < 1.29 is 9.59 Å². The maximum atomic E-state index is 12.6. The third-order valence-corrected chi connectivity index (χ3v) is 4.18. The summed E-state index contributed by atoms with van der Waals surface area (Å²) in [5.74, 6) is -0.238. The summed E-state index contributed by atoms with van der Waals surface area (Å²) < 4.78 is 0. The van der Waals surface area contributed by atoms with Crippen molar-refractivity contribution in [3.63, 3.8) is 0 Å². The molecule has 0 saturated carbocycles. The van der Waals surface area contributed by atoms with Gasteiger partial charge in [-0.3, -0.25) is 9.59 Å². The zero-order valence-electron chi connectivity index (χ0n) is 14.4. The van der Waals surface area contributed by atoms with Crippen molar-refractivity contribution in [2.45, 2.75) is 39.2 Å². The van der Waals surface area contributed by atoms with Gasteiger partial charge in [-0.15, -0.1) is 0 Å². The number of amides is 1. The van der Waals surface area contributed by atoms with Crippen LogP contribution < -0.4 is 11.1 Å². The Balaban J connectivity index is 2.13. The standard InChI is InChI=1S/C20H26N2O2/c1-14(2)19(23)18(9-5-6-12-21)22-20(24)17-11-10-15-7-3-4-8-16(15)13-17/h3-4,7-8,10-11,13-14,18H,5-6,9,12,21H2,1-2H3,(H,22,24). The third kappa shape index (κ3) is 4.65. The number of carbonyl (C=O) groups excluding carboxylic acids is 2. The summed E-state index contributed by atoms with van der Waals surface area (Å²) in [5.41, 5.74) is 6.10. The average molecular weight is 326 g/mol. The number of rotatable bonds is 8. The first kappa shape index (κ1) is 18.1. The van der Waals surface area contributed by atoms with Gasteiger partial charge in [0.1, 0.15) is 0 Å². The van der Waals surface area contributed by atoms with Crippen LogP contribution in [0.4, 0.5) is 0 Å². The zero-order valence-corrected chi connectivity index (χ0v) is 14.4. The molecular weight excluding hydrogens is 300 g/mol. The molecule has 0 saturated heterocycles. The summed E-state index contributed by atoms with van der Waals surface area (Å²) in [5, 5.41) is 5.01. The molecule has 4 nitrogen and oxygen atoms in total. The Kier molecular flexibility index (Phi) is 6.50.